The molecule has 1 aromatic rings. The lowest BCUT2D eigenvalue weighted by Crippen LogP contribution is -2.30. The molecule has 0 radical (unpaired) electrons. The minimum absolute atomic E-state index is 0.0693. The van der Waals surface area contributed by atoms with Crippen LogP contribution in [-0.2, 0) is 9.59 Å². The molecule has 0 atom stereocenters. The summed E-state index contributed by atoms with van der Waals surface area (Å²) < 4.78 is 0. The van der Waals surface area contributed by atoms with Crippen molar-refractivity contribution in [2.24, 2.45) is 0 Å². The first-order chi connectivity index (χ1) is 9.51. The molecule has 0 aliphatic rings. The fraction of sp³-hybridized carbons (Fsp3) is 0.250. The lowest BCUT2D eigenvalue weighted by molar-refractivity contribution is -0.117. The zero-order chi connectivity index (χ0) is 15.1. The van der Waals surface area contributed by atoms with Gasteiger partial charge in [0, 0.05) is 38.3 Å². The Kier molecular flexibility index (Phi) is 5.72. The van der Waals surface area contributed by atoms with E-state index in [1.807, 2.05) is 24.3 Å². The first kappa shape index (κ1) is 15.7. The molecule has 0 spiro atoms. The van der Waals surface area contributed by atoms with Crippen LogP contribution in [0.15, 0.2) is 49.6 Å². The van der Waals surface area contributed by atoms with Gasteiger partial charge in [-0.05, 0) is 18.2 Å². The third kappa shape index (κ3) is 3.82. The third-order valence-corrected chi connectivity index (χ3v) is 2.84. The lowest BCUT2D eigenvalue weighted by Gasteiger charge is -2.24. The summed E-state index contributed by atoms with van der Waals surface area (Å²) in [5, 5.41) is 0. The largest absolute Gasteiger partial charge is 0.309 e. The van der Waals surface area contributed by atoms with Crippen LogP contribution < -0.4 is 9.80 Å². The lowest BCUT2D eigenvalue weighted by atomic mass is 10.2. The third-order valence-electron chi connectivity index (χ3n) is 2.84. The molecule has 0 heterocycles. The smallest absolute Gasteiger partial charge is 0.224 e. The second kappa shape index (κ2) is 7.28. The number of nitrogens with zero attached hydrogens (tertiary/aromatic N) is 2. The molecule has 0 bridgehead atoms. The van der Waals surface area contributed by atoms with Crippen LogP contribution in [0.3, 0.4) is 0 Å². The van der Waals surface area contributed by atoms with Gasteiger partial charge in [0.25, 0.3) is 0 Å². The maximum Gasteiger partial charge on any atom is 0.224 e. The fourth-order valence-corrected chi connectivity index (χ4v) is 1.92. The van der Waals surface area contributed by atoms with Crippen molar-refractivity contribution in [2.75, 3.05) is 22.9 Å². The molecule has 0 unspecified atom stereocenters. The van der Waals surface area contributed by atoms with E-state index in [9.17, 15) is 9.59 Å². The van der Waals surface area contributed by atoms with Crippen LogP contribution in [0.4, 0.5) is 11.4 Å². The van der Waals surface area contributed by atoms with Crippen LogP contribution in [0.1, 0.15) is 13.8 Å². The average molecular weight is 272 g/mol. The van der Waals surface area contributed by atoms with Crippen molar-refractivity contribution in [1.82, 2.24) is 0 Å². The van der Waals surface area contributed by atoms with E-state index in [1.165, 1.54) is 13.8 Å². The van der Waals surface area contributed by atoms with E-state index in [4.69, 9.17) is 0 Å². The Morgan fingerprint density at radius 1 is 1.00 bits per heavy atom. The Morgan fingerprint density at radius 2 is 1.40 bits per heavy atom. The summed E-state index contributed by atoms with van der Waals surface area (Å²) in [4.78, 5) is 26.5. The van der Waals surface area contributed by atoms with Crippen LogP contribution in [0.25, 0.3) is 0 Å². The zero-order valence-electron chi connectivity index (χ0n) is 12.0. The van der Waals surface area contributed by atoms with Crippen LogP contribution in [-0.4, -0.2) is 24.9 Å². The van der Waals surface area contributed by atoms with Crippen molar-refractivity contribution >= 4 is 23.2 Å². The quantitative estimate of drug-likeness (QED) is 0.747. The topological polar surface area (TPSA) is 40.6 Å². The standard InChI is InChI=1S/C16H20N2O2/c1-5-10-17(13(3)19)15-8-7-9-16(12-15)18(11-6-2)14(4)20/h5-9,12H,1-2,10-11H2,3-4H3. The molecule has 0 saturated carbocycles. The molecule has 0 aliphatic heterocycles. The van der Waals surface area contributed by atoms with E-state index in [-0.39, 0.29) is 11.8 Å². The summed E-state index contributed by atoms with van der Waals surface area (Å²) in [6.07, 6.45) is 3.33. The molecular formula is C16H20N2O2. The summed E-state index contributed by atoms with van der Waals surface area (Å²) in [5.41, 5.74) is 1.48. The van der Waals surface area contributed by atoms with Gasteiger partial charge in [-0.3, -0.25) is 9.59 Å². The van der Waals surface area contributed by atoms with Crippen LogP contribution in [0.5, 0.6) is 0 Å². The maximum atomic E-state index is 11.7. The SMILES string of the molecule is C=CCN(C(C)=O)c1cccc(N(CC=C)C(C)=O)c1. The summed E-state index contributed by atoms with van der Waals surface area (Å²) in [6.45, 7) is 11.2. The molecule has 106 valence electrons. The Morgan fingerprint density at radius 3 is 1.70 bits per heavy atom. The van der Waals surface area contributed by atoms with Crippen molar-refractivity contribution in [1.29, 1.82) is 0 Å². The second-order valence-electron chi connectivity index (χ2n) is 4.36. The Balaban J connectivity index is 3.16. The summed E-state index contributed by atoms with van der Waals surface area (Å²) >= 11 is 0. The highest BCUT2D eigenvalue weighted by Gasteiger charge is 2.14. The second-order valence-corrected chi connectivity index (χ2v) is 4.36. The highest BCUT2D eigenvalue weighted by molar-refractivity contribution is 5.95. The normalized spacial score (nSPS) is 9.70. The van der Waals surface area contributed by atoms with Gasteiger partial charge >= 0.3 is 0 Å². The fourth-order valence-electron chi connectivity index (χ4n) is 1.92. The van der Waals surface area contributed by atoms with E-state index in [0.717, 1.165) is 11.4 Å². The molecular weight excluding hydrogens is 252 g/mol. The maximum absolute atomic E-state index is 11.7. The highest BCUT2D eigenvalue weighted by atomic mass is 16.2. The first-order valence-electron chi connectivity index (χ1n) is 6.39. The van der Waals surface area contributed by atoms with Gasteiger partial charge in [-0.2, -0.15) is 0 Å². The number of rotatable bonds is 6. The number of hydrogen-bond donors (Lipinski definition) is 0. The molecule has 2 amide bonds. The zero-order valence-corrected chi connectivity index (χ0v) is 12.0. The van der Waals surface area contributed by atoms with Crippen molar-refractivity contribution in [3.8, 4) is 0 Å². The molecule has 0 fully saturated rings. The number of carbonyl (C=O) groups excluding carboxylic acids is 2. The van der Waals surface area contributed by atoms with Gasteiger partial charge in [-0.15, -0.1) is 13.2 Å². The summed E-state index contributed by atoms with van der Waals surface area (Å²) in [5.74, 6) is -0.139. The number of anilines is 2. The molecule has 4 nitrogen and oxygen atoms in total. The van der Waals surface area contributed by atoms with E-state index in [1.54, 1.807) is 22.0 Å². The van der Waals surface area contributed by atoms with Crippen molar-refractivity contribution in [3.05, 3.63) is 49.6 Å². The van der Waals surface area contributed by atoms with Crippen LogP contribution >= 0.6 is 0 Å². The molecule has 0 saturated heterocycles. The molecule has 0 aromatic heterocycles. The predicted octanol–water partition coefficient (Wildman–Crippen LogP) is 2.76. The predicted molar refractivity (Wildman–Crippen MR) is 82.9 cm³/mol. The van der Waals surface area contributed by atoms with Gasteiger partial charge in [-0.25, -0.2) is 0 Å². The minimum Gasteiger partial charge on any atom is -0.309 e. The molecule has 4 heteroatoms. The first-order valence-corrected chi connectivity index (χ1v) is 6.39. The molecule has 0 aliphatic carbocycles. The number of benzene rings is 1. The van der Waals surface area contributed by atoms with Crippen molar-refractivity contribution in [3.63, 3.8) is 0 Å². The van der Waals surface area contributed by atoms with Gasteiger partial charge in [0.15, 0.2) is 0 Å². The van der Waals surface area contributed by atoms with E-state index < -0.39 is 0 Å². The number of carbonyl (C=O) groups is 2. The Bertz CT molecular complexity index is 480. The minimum atomic E-state index is -0.0693. The Hall–Kier alpha value is -2.36. The van der Waals surface area contributed by atoms with Gasteiger partial charge in [-0.1, -0.05) is 18.2 Å². The van der Waals surface area contributed by atoms with Crippen molar-refractivity contribution < 1.29 is 9.59 Å². The van der Waals surface area contributed by atoms with Crippen LogP contribution in [0, 0.1) is 0 Å². The molecule has 0 N–H and O–H groups in total. The van der Waals surface area contributed by atoms with Crippen LogP contribution in [0.2, 0.25) is 0 Å². The molecule has 1 aromatic carbocycles. The number of amides is 2. The van der Waals surface area contributed by atoms with Gasteiger partial charge in [0.05, 0.1) is 0 Å². The molecule has 20 heavy (non-hydrogen) atoms. The summed E-state index contributed by atoms with van der Waals surface area (Å²) in [6, 6.07) is 7.31. The highest BCUT2D eigenvalue weighted by Crippen LogP contribution is 2.23. The van der Waals surface area contributed by atoms with Gasteiger partial charge in [0.2, 0.25) is 11.8 Å². The van der Waals surface area contributed by atoms with Gasteiger partial charge in [0.1, 0.15) is 0 Å². The monoisotopic (exact) mass is 272 g/mol. The van der Waals surface area contributed by atoms with Gasteiger partial charge < -0.3 is 9.80 Å². The van der Waals surface area contributed by atoms with E-state index in [2.05, 4.69) is 13.2 Å². The summed E-state index contributed by atoms with van der Waals surface area (Å²) in [7, 11) is 0. The van der Waals surface area contributed by atoms with E-state index >= 15 is 0 Å². The van der Waals surface area contributed by atoms with E-state index in [0.29, 0.717) is 13.1 Å². The van der Waals surface area contributed by atoms with Crippen molar-refractivity contribution in [2.45, 2.75) is 13.8 Å². The molecule has 1 rings (SSSR count). The number of hydrogen-bond acceptors (Lipinski definition) is 2. The average Bonchev–Trinajstić information content (AvgIpc) is 2.41. The Labute approximate surface area is 120 Å².